The Kier molecular flexibility index (Phi) is 10.1. The average Bonchev–Trinajstić information content (AvgIpc) is 2.91. The van der Waals surface area contributed by atoms with E-state index in [0.717, 1.165) is 33.8 Å². The Balaban J connectivity index is 2.00. The molecular formula is C30H37N3O4S. The first-order chi connectivity index (χ1) is 18.1. The van der Waals surface area contributed by atoms with E-state index in [-0.39, 0.29) is 17.3 Å². The van der Waals surface area contributed by atoms with Crippen LogP contribution in [0, 0.1) is 13.8 Å². The van der Waals surface area contributed by atoms with Crippen LogP contribution in [0.4, 0.5) is 5.69 Å². The van der Waals surface area contributed by atoms with Crippen LogP contribution in [0.15, 0.2) is 83.8 Å². The summed E-state index contributed by atoms with van der Waals surface area (Å²) in [6.45, 7) is 7.74. The van der Waals surface area contributed by atoms with Crippen LogP contribution in [0.2, 0.25) is 0 Å². The van der Waals surface area contributed by atoms with Crippen molar-refractivity contribution in [3.05, 3.63) is 95.6 Å². The lowest BCUT2D eigenvalue weighted by atomic mass is 10.1. The molecule has 0 fully saturated rings. The number of sulfonamides is 1. The fourth-order valence-corrected chi connectivity index (χ4v) is 5.70. The van der Waals surface area contributed by atoms with Gasteiger partial charge in [-0.25, -0.2) is 8.42 Å². The number of anilines is 1. The van der Waals surface area contributed by atoms with E-state index in [0.29, 0.717) is 12.2 Å². The minimum absolute atomic E-state index is 0.0895. The van der Waals surface area contributed by atoms with E-state index in [1.807, 2.05) is 57.2 Å². The highest BCUT2D eigenvalue weighted by Crippen LogP contribution is 2.27. The molecule has 2 amide bonds. The molecular weight excluding hydrogens is 498 g/mol. The third kappa shape index (κ3) is 7.22. The zero-order valence-corrected chi connectivity index (χ0v) is 23.4. The largest absolute Gasteiger partial charge is 0.354 e. The minimum Gasteiger partial charge on any atom is -0.354 e. The molecule has 38 heavy (non-hydrogen) atoms. The van der Waals surface area contributed by atoms with Gasteiger partial charge in [-0.1, -0.05) is 79.6 Å². The van der Waals surface area contributed by atoms with Crippen molar-refractivity contribution in [2.24, 2.45) is 0 Å². The summed E-state index contributed by atoms with van der Waals surface area (Å²) >= 11 is 0. The van der Waals surface area contributed by atoms with E-state index in [1.165, 1.54) is 17.0 Å². The molecule has 0 aliphatic heterocycles. The van der Waals surface area contributed by atoms with Crippen LogP contribution < -0.4 is 9.62 Å². The number of para-hydroxylation sites is 1. The predicted octanol–water partition coefficient (Wildman–Crippen LogP) is 4.83. The molecule has 0 aromatic heterocycles. The van der Waals surface area contributed by atoms with Crippen LogP contribution in [-0.4, -0.2) is 44.3 Å². The molecule has 0 bridgehead atoms. The monoisotopic (exact) mass is 535 g/mol. The number of hydrogen-bond donors (Lipinski definition) is 1. The molecule has 0 unspecified atom stereocenters. The van der Waals surface area contributed by atoms with Crippen molar-refractivity contribution >= 4 is 27.5 Å². The van der Waals surface area contributed by atoms with Gasteiger partial charge in [0.2, 0.25) is 11.8 Å². The third-order valence-electron chi connectivity index (χ3n) is 6.43. The van der Waals surface area contributed by atoms with E-state index in [2.05, 4.69) is 5.32 Å². The zero-order chi connectivity index (χ0) is 27.7. The molecule has 3 aromatic rings. The molecule has 8 heteroatoms. The number of rotatable bonds is 12. The number of hydrogen-bond acceptors (Lipinski definition) is 4. The number of aryl methyl sites for hydroxylation is 2. The minimum atomic E-state index is -4.06. The highest BCUT2D eigenvalue weighted by molar-refractivity contribution is 7.92. The van der Waals surface area contributed by atoms with Gasteiger partial charge in [-0.3, -0.25) is 13.9 Å². The molecule has 1 N–H and O–H groups in total. The number of carbonyl (C=O) groups excluding carboxylic acids is 2. The molecule has 0 aliphatic rings. The summed E-state index contributed by atoms with van der Waals surface area (Å²) in [7, 11) is -4.06. The molecule has 0 aliphatic carbocycles. The molecule has 7 nitrogen and oxygen atoms in total. The van der Waals surface area contributed by atoms with Crippen LogP contribution in [-0.2, 0) is 26.2 Å². The molecule has 3 aromatic carbocycles. The summed E-state index contributed by atoms with van der Waals surface area (Å²) in [6.07, 6.45) is 1.77. The molecule has 0 spiro atoms. The van der Waals surface area contributed by atoms with Gasteiger partial charge < -0.3 is 10.2 Å². The standard InChI is InChI=1S/C30H37N3O4S/c1-5-6-19-31-30(35)25(4)32(21-26-15-12-13-23(2)20-26)29(34)22-33(28-18-11-10-14-24(28)3)38(36,37)27-16-8-7-9-17-27/h7-18,20,25H,5-6,19,21-22H2,1-4H3,(H,31,35)/t25-/m0/s1. The van der Waals surface area contributed by atoms with E-state index >= 15 is 0 Å². The topological polar surface area (TPSA) is 86.8 Å². The maximum absolute atomic E-state index is 13.9. The lowest BCUT2D eigenvalue weighted by molar-refractivity contribution is -0.139. The van der Waals surface area contributed by atoms with Crippen molar-refractivity contribution in [2.45, 2.75) is 58.0 Å². The first-order valence-corrected chi connectivity index (χ1v) is 14.3. The van der Waals surface area contributed by atoms with Crippen LogP contribution in [0.5, 0.6) is 0 Å². The number of nitrogens with one attached hydrogen (secondary N) is 1. The maximum atomic E-state index is 13.9. The van der Waals surface area contributed by atoms with Crippen molar-refractivity contribution < 1.29 is 18.0 Å². The fraction of sp³-hybridized carbons (Fsp3) is 0.333. The third-order valence-corrected chi connectivity index (χ3v) is 8.20. The van der Waals surface area contributed by atoms with Crippen molar-refractivity contribution in [1.29, 1.82) is 0 Å². The van der Waals surface area contributed by atoms with Crippen LogP contribution >= 0.6 is 0 Å². The van der Waals surface area contributed by atoms with Gasteiger partial charge in [0.25, 0.3) is 10.0 Å². The molecule has 202 valence electrons. The summed E-state index contributed by atoms with van der Waals surface area (Å²) in [5.74, 6) is -0.736. The maximum Gasteiger partial charge on any atom is 0.264 e. The summed E-state index contributed by atoms with van der Waals surface area (Å²) in [5, 5.41) is 2.90. The molecule has 0 radical (unpaired) electrons. The lowest BCUT2D eigenvalue weighted by Gasteiger charge is -2.32. The number of carbonyl (C=O) groups is 2. The van der Waals surface area contributed by atoms with Gasteiger partial charge >= 0.3 is 0 Å². The summed E-state index contributed by atoms with van der Waals surface area (Å²) in [5.41, 5.74) is 3.03. The smallest absolute Gasteiger partial charge is 0.264 e. The Labute approximate surface area is 226 Å². The summed E-state index contributed by atoms with van der Waals surface area (Å²) in [6, 6.07) is 22.1. The highest BCUT2D eigenvalue weighted by atomic mass is 32.2. The second kappa shape index (κ2) is 13.2. The number of unbranched alkanes of at least 4 members (excludes halogenated alkanes) is 1. The predicted molar refractivity (Wildman–Crippen MR) is 151 cm³/mol. The molecule has 3 rings (SSSR count). The number of amides is 2. The lowest BCUT2D eigenvalue weighted by Crippen LogP contribution is -2.51. The van der Waals surface area contributed by atoms with Crippen LogP contribution in [0.25, 0.3) is 0 Å². The Morgan fingerprint density at radius 3 is 2.26 bits per heavy atom. The van der Waals surface area contributed by atoms with E-state index in [1.54, 1.807) is 37.3 Å². The second-order valence-corrected chi connectivity index (χ2v) is 11.3. The Bertz CT molecular complexity index is 1340. The number of nitrogens with zero attached hydrogens (tertiary/aromatic N) is 2. The van der Waals surface area contributed by atoms with Gasteiger partial charge in [0, 0.05) is 13.1 Å². The van der Waals surface area contributed by atoms with Crippen molar-refractivity contribution in [2.75, 3.05) is 17.4 Å². The van der Waals surface area contributed by atoms with Gasteiger partial charge in [0.15, 0.2) is 0 Å². The first kappa shape index (κ1) is 28.9. The Morgan fingerprint density at radius 2 is 1.61 bits per heavy atom. The quantitative estimate of drug-likeness (QED) is 0.337. The van der Waals surface area contributed by atoms with Crippen molar-refractivity contribution in [3.8, 4) is 0 Å². The zero-order valence-electron chi connectivity index (χ0n) is 22.6. The Hall–Kier alpha value is -3.65. The summed E-state index contributed by atoms with van der Waals surface area (Å²) in [4.78, 5) is 28.5. The molecule has 0 heterocycles. The van der Waals surface area contributed by atoms with E-state index < -0.39 is 28.5 Å². The number of benzene rings is 3. The summed E-state index contributed by atoms with van der Waals surface area (Å²) < 4.78 is 28.7. The van der Waals surface area contributed by atoms with Gasteiger partial charge in [-0.2, -0.15) is 0 Å². The van der Waals surface area contributed by atoms with Gasteiger partial charge in [0.05, 0.1) is 10.6 Å². The van der Waals surface area contributed by atoms with Crippen LogP contribution in [0.1, 0.15) is 43.4 Å². The van der Waals surface area contributed by atoms with E-state index in [4.69, 9.17) is 0 Å². The Morgan fingerprint density at radius 1 is 0.921 bits per heavy atom. The van der Waals surface area contributed by atoms with Gasteiger partial charge in [-0.05, 0) is 56.5 Å². The van der Waals surface area contributed by atoms with Crippen molar-refractivity contribution in [3.63, 3.8) is 0 Å². The van der Waals surface area contributed by atoms with Crippen LogP contribution in [0.3, 0.4) is 0 Å². The normalized spacial score (nSPS) is 12.0. The van der Waals surface area contributed by atoms with Gasteiger partial charge in [-0.15, -0.1) is 0 Å². The molecule has 1 atom stereocenters. The molecule has 0 saturated carbocycles. The first-order valence-electron chi connectivity index (χ1n) is 12.9. The van der Waals surface area contributed by atoms with Crippen molar-refractivity contribution in [1.82, 2.24) is 10.2 Å². The fourth-order valence-electron chi connectivity index (χ4n) is 4.20. The molecule has 0 saturated heterocycles. The van der Waals surface area contributed by atoms with E-state index in [9.17, 15) is 18.0 Å². The van der Waals surface area contributed by atoms with Gasteiger partial charge in [0.1, 0.15) is 12.6 Å². The SMILES string of the molecule is CCCCNC(=O)[C@H](C)N(Cc1cccc(C)c1)C(=O)CN(c1ccccc1C)S(=O)(=O)c1ccccc1. The second-order valence-electron chi connectivity index (χ2n) is 9.44. The average molecular weight is 536 g/mol. The highest BCUT2D eigenvalue weighted by Gasteiger charge is 2.32.